The van der Waals surface area contributed by atoms with Crippen LogP contribution in [0, 0.1) is 0 Å². The molecule has 0 heterocycles. The van der Waals surface area contributed by atoms with Crippen molar-refractivity contribution in [3.63, 3.8) is 0 Å². The molecule has 0 aliphatic heterocycles. The first-order valence-electron chi connectivity index (χ1n) is 4.77. The van der Waals surface area contributed by atoms with E-state index in [4.69, 9.17) is 0 Å². The SMILES string of the molecule is CCCCN(C(=O)F)c1ccccc1. The van der Waals surface area contributed by atoms with Gasteiger partial charge in [-0.05, 0) is 18.6 Å². The number of carbonyl (C=O) groups is 1. The molecule has 0 bridgehead atoms. The first-order valence-corrected chi connectivity index (χ1v) is 4.77. The molecular weight excluding hydrogens is 181 g/mol. The Hall–Kier alpha value is -1.38. The fourth-order valence-corrected chi connectivity index (χ4v) is 1.24. The predicted octanol–water partition coefficient (Wildman–Crippen LogP) is 3.38. The van der Waals surface area contributed by atoms with Crippen molar-refractivity contribution in [1.29, 1.82) is 0 Å². The first kappa shape index (κ1) is 10.7. The van der Waals surface area contributed by atoms with Crippen LogP contribution in [0.2, 0.25) is 0 Å². The van der Waals surface area contributed by atoms with Gasteiger partial charge in [-0.2, -0.15) is 0 Å². The Labute approximate surface area is 83.3 Å². The number of para-hydroxylation sites is 1. The number of amides is 1. The van der Waals surface area contributed by atoms with Crippen molar-refractivity contribution in [1.82, 2.24) is 0 Å². The van der Waals surface area contributed by atoms with Gasteiger partial charge in [-0.3, -0.25) is 4.90 Å². The summed E-state index contributed by atoms with van der Waals surface area (Å²) in [6.45, 7) is 2.45. The Balaban J connectivity index is 2.73. The molecule has 0 unspecified atom stereocenters. The maximum Gasteiger partial charge on any atom is 0.404 e. The number of unbranched alkanes of at least 4 members (excludes halogenated alkanes) is 1. The molecule has 0 atom stereocenters. The van der Waals surface area contributed by atoms with Crippen LogP contribution >= 0.6 is 0 Å². The fourth-order valence-electron chi connectivity index (χ4n) is 1.24. The molecule has 0 saturated carbocycles. The summed E-state index contributed by atoms with van der Waals surface area (Å²) in [5.41, 5.74) is 0.619. The highest BCUT2D eigenvalue weighted by molar-refractivity contribution is 5.86. The Kier molecular flexibility index (Phi) is 4.11. The van der Waals surface area contributed by atoms with Crippen LogP contribution in [0.1, 0.15) is 19.8 Å². The molecule has 0 spiro atoms. The maximum absolute atomic E-state index is 12.7. The zero-order valence-electron chi connectivity index (χ0n) is 8.24. The average Bonchev–Trinajstić information content (AvgIpc) is 2.19. The number of hydrogen-bond donors (Lipinski definition) is 0. The minimum atomic E-state index is -1.38. The lowest BCUT2D eigenvalue weighted by molar-refractivity contribution is 0.228. The first-order chi connectivity index (χ1) is 6.75. The van der Waals surface area contributed by atoms with Gasteiger partial charge >= 0.3 is 6.16 Å². The van der Waals surface area contributed by atoms with Gasteiger partial charge in [-0.1, -0.05) is 31.5 Å². The number of nitrogens with zero attached hydrogens (tertiary/aromatic N) is 1. The van der Waals surface area contributed by atoms with E-state index in [1.54, 1.807) is 24.3 Å². The fraction of sp³-hybridized carbons (Fsp3) is 0.364. The van der Waals surface area contributed by atoms with E-state index in [-0.39, 0.29) is 0 Å². The summed E-state index contributed by atoms with van der Waals surface area (Å²) in [6.07, 6.45) is 0.367. The largest absolute Gasteiger partial charge is 0.404 e. The molecule has 1 rings (SSSR count). The Morgan fingerprint density at radius 2 is 2.00 bits per heavy atom. The maximum atomic E-state index is 12.7. The molecule has 0 fully saturated rings. The number of benzene rings is 1. The zero-order chi connectivity index (χ0) is 10.4. The minimum Gasteiger partial charge on any atom is -0.284 e. The van der Waals surface area contributed by atoms with Crippen LogP contribution in [0.4, 0.5) is 14.9 Å². The van der Waals surface area contributed by atoms with Crippen LogP contribution in [0.15, 0.2) is 30.3 Å². The van der Waals surface area contributed by atoms with Crippen molar-refractivity contribution in [2.45, 2.75) is 19.8 Å². The van der Waals surface area contributed by atoms with Gasteiger partial charge in [0.05, 0.1) is 0 Å². The van der Waals surface area contributed by atoms with Crippen molar-refractivity contribution in [3.8, 4) is 0 Å². The lowest BCUT2D eigenvalue weighted by Gasteiger charge is -2.17. The molecule has 1 amide bonds. The Morgan fingerprint density at radius 3 is 2.50 bits per heavy atom. The molecular formula is C11H14FNO. The topological polar surface area (TPSA) is 20.3 Å². The molecule has 1 aromatic carbocycles. The average molecular weight is 195 g/mol. The van der Waals surface area contributed by atoms with Crippen molar-refractivity contribution >= 4 is 11.8 Å². The van der Waals surface area contributed by atoms with E-state index in [0.717, 1.165) is 17.7 Å². The van der Waals surface area contributed by atoms with E-state index in [9.17, 15) is 9.18 Å². The summed E-state index contributed by atoms with van der Waals surface area (Å²) in [5, 5.41) is 0. The van der Waals surface area contributed by atoms with E-state index in [1.807, 2.05) is 13.0 Å². The molecule has 0 aromatic heterocycles. The van der Waals surface area contributed by atoms with Gasteiger partial charge in [0.25, 0.3) is 0 Å². The van der Waals surface area contributed by atoms with Gasteiger partial charge < -0.3 is 0 Å². The minimum absolute atomic E-state index is 0.440. The van der Waals surface area contributed by atoms with Gasteiger partial charge in [0.1, 0.15) is 0 Å². The highest BCUT2D eigenvalue weighted by atomic mass is 19.1. The molecule has 14 heavy (non-hydrogen) atoms. The van der Waals surface area contributed by atoms with Gasteiger partial charge in [0.15, 0.2) is 0 Å². The zero-order valence-corrected chi connectivity index (χ0v) is 8.24. The third-order valence-electron chi connectivity index (χ3n) is 2.02. The number of anilines is 1. The molecule has 0 aliphatic carbocycles. The van der Waals surface area contributed by atoms with Crippen LogP contribution in [0.25, 0.3) is 0 Å². The molecule has 1 aromatic rings. The van der Waals surface area contributed by atoms with E-state index in [1.165, 1.54) is 0 Å². The Morgan fingerprint density at radius 1 is 1.36 bits per heavy atom. The smallest absolute Gasteiger partial charge is 0.284 e. The van der Waals surface area contributed by atoms with Gasteiger partial charge in [-0.25, -0.2) is 4.79 Å². The normalized spacial score (nSPS) is 9.86. The van der Waals surface area contributed by atoms with Gasteiger partial charge in [0.2, 0.25) is 0 Å². The summed E-state index contributed by atoms with van der Waals surface area (Å²) in [6, 6.07) is 8.87. The summed E-state index contributed by atoms with van der Waals surface area (Å²) < 4.78 is 12.7. The highest BCUT2D eigenvalue weighted by Gasteiger charge is 2.12. The number of hydrogen-bond acceptors (Lipinski definition) is 1. The molecule has 3 heteroatoms. The van der Waals surface area contributed by atoms with Gasteiger partial charge in [0, 0.05) is 12.2 Å². The molecule has 0 radical (unpaired) electrons. The van der Waals surface area contributed by atoms with E-state index in [2.05, 4.69) is 0 Å². The number of rotatable bonds is 4. The van der Waals surface area contributed by atoms with Crippen LogP contribution < -0.4 is 4.90 Å². The highest BCUT2D eigenvalue weighted by Crippen LogP contribution is 2.15. The monoisotopic (exact) mass is 195 g/mol. The van der Waals surface area contributed by atoms with Crippen LogP contribution in [-0.4, -0.2) is 12.7 Å². The van der Waals surface area contributed by atoms with Crippen LogP contribution in [0.3, 0.4) is 0 Å². The quantitative estimate of drug-likeness (QED) is 0.532. The number of carbonyl (C=O) groups excluding carboxylic acids is 1. The lowest BCUT2D eigenvalue weighted by atomic mass is 10.2. The van der Waals surface area contributed by atoms with Crippen LogP contribution in [0.5, 0.6) is 0 Å². The van der Waals surface area contributed by atoms with Crippen LogP contribution in [-0.2, 0) is 0 Å². The Bertz CT molecular complexity index is 287. The molecule has 0 aliphatic rings. The summed E-state index contributed by atoms with van der Waals surface area (Å²) >= 11 is 0. The summed E-state index contributed by atoms with van der Waals surface area (Å²) in [5.74, 6) is 0. The lowest BCUT2D eigenvalue weighted by Crippen LogP contribution is -2.27. The standard InChI is InChI=1S/C11H14FNO/c1-2-3-9-13(11(12)14)10-7-5-4-6-8-10/h4-8H,2-3,9H2,1H3. The summed E-state index contributed by atoms with van der Waals surface area (Å²) in [7, 11) is 0. The van der Waals surface area contributed by atoms with E-state index < -0.39 is 6.16 Å². The predicted molar refractivity (Wildman–Crippen MR) is 55.2 cm³/mol. The molecule has 0 N–H and O–H groups in total. The molecule has 76 valence electrons. The third-order valence-corrected chi connectivity index (χ3v) is 2.02. The second-order valence-corrected chi connectivity index (χ2v) is 3.09. The third kappa shape index (κ3) is 2.83. The molecule has 2 nitrogen and oxygen atoms in total. The van der Waals surface area contributed by atoms with Crippen molar-refractivity contribution in [2.24, 2.45) is 0 Å². The van der Waals surface area contributed by atoms with Crippen molar-refractivity contribution in [2.75, 3.05) is 11.4 Å². The van der Waals surface area contributed by atoms with Crippen molar-refractivity contribution < 1.29 is 9.18 Å². The van der Waals surface area contributed by atoms with E-state index >= 15 is 0 Å². The number of halogens is 1. The second-order valence-electron chi connectivity index (χ2n) is 3.09. The van der Waals surface area contributed by atoms with E-state index in [0.29, 0.717) is 12.2 Å². The molecule has 0 saturated heterocycles. The summed E-state index contributed by atoms with van der Waals surface area (Å²) in [4.78, 5) is 11.9. The van der Waals surface area contributed by atoms with Crippen molar-refractivity contribution in [3.05, 3.63) is 30.3 Å². The van der Waals surface area contributed by atoms with Gasteiger partial charge in [-0.15, -0.1) is 4.39 Å². The second kappa shape index (κ2) is 5.37.